The van der Waals surface area contributed by atoms with Crippen LogP contribution in [-0.4, -0.2) is 63.5 Å². The topological polar surface area (TPSA) is 58.1 Å². The highest BCUT2D eigenvalue weighted by atomic mass is 16.5. The van der Waals surface area contributed by atoms with E-state index in [1.165, 1.54) is 36.9 Å². The standard InChI is InChI=1S/C23H40N4O2/c1-4-24-23(25-13-7-15-29-17-16-28-3)26-18-21-9-11-22(12-10-21)19-27-14-6-5-8-20(27)2/h9-12,20H,4-8,13-19H2,1-3H3,(H2,24,25,26). The third-order valence-electron chi connectivity index (χ3n) is 5.30. The van der Waals surface area contributed by atoms with E-state index in [4.69, 9.17) is 14.5 Å². The minimum atomic E-state index is 0.646. The molecule has 0 aromatic heterocycles. The molecule has 1 aliphatic heterocycles. The first-order valence-corrected chi connectivity index (χ1v) is 11.1. The van der Waals surface area contributed by atoms with E-state index in [9.17, 15) is 0 Å². The predicted molar refractivity (Wildman–Crippen MR) is 120 cm³/mol. The number of benzene rings is 1. The normalized spacial score (nSPS) is 18.0. The number of aliphatic imine (C=N–C) groups is 1. The summed E-state index contributed by atoms with van der Waals surface area (Å²) in [7, 11) is 1.69. The van der Waals surface area contributed by atoms with Gasteiger partial charge >= 0.3 is 0 Å². The van der Waals surface area contributed by atoms with Gasteiger partial charge in [0.2, 0.25) is 0 Å². The lowest BCUT2D eigenvalue weighted by Crippen LogP contribution is -2.38. The van der Waals surface area contributed by atoms with E-state index in [0.717, 1.165) is 38.6 Å². The molecule has 29 heavy (non-hydrogen) atoms. The quantitative estimate of drug-likeness (QED) is 0.318. The zero-order chi connectivity index (χ0) is 20.7. The Bertz CT molecular complexity index is 577. The summed E-state index contributed by atoms with van der Waals surface area (Å²) in [6, 6.07) is 9.63. The molecule has 1 unspecified atom stereocenters. The molecule has 0 saturated carbocycles. The molecule has 1 fully saturated rings. The molecule has 1 atom stereocenters. The third kappa shape index (κ3) is 9.61. The predicted octanol–water partition coefficient (Wildman–Crippen LogP) is 3.17. The van der Waals surface area contributed by atoms with E-state index in [1.54, 1.807) is 7.11 Å². The summed E-state index contributed by atoms with van der Waals surface area (Å²) in [6.07, 6.45) is 4.97. The summed E-state index contributed by atoms with van der Waals surface area (Å²) in [4.78, 5) is 7.31. The molecule has 1 saturated heterocycles. The van der Waals surface area contributed by atoms with Crippen LogP contribution in [-0.2, 0) is 22.6 Å². The van der Waals surface area contributed by atoms with Crippen LogP contribution in [0.15, 0.2) is 29.3 Å². The summed E-state index contributed by atoms with van der Waals surface area (Å²) in [5.74, 6) is 0.857. The lowest BCUT2D eigenvalue weighted by Gasteiger charge is -2.33. The largest absolute Gasteiger partial charge is 0.382 e. The maximum Gasteiger partial charge on any atom is 0.191 e. The van der Waals surface area contributed by atoms with Gasteiger partial charge in [-0.05, 0) is 50.8 Å². The summed E-state index contributed by atoms with van der Waals surface area (Å²) in [5.41, 5.74) is 2.63. The number of hydrogen-bond donors (Lipinski definition) is 2. The van der Waals surface area contributed by atoms with Gasteiger partial charge in [-0.3, -0.25) is 4.90 Å². The van der Waals surface area contributed by atoms with Gasteiger partial charge in [0.25, 0.3) is 0 Å². The van der Waals surface area contributed by atoms with Gasteiger partial charge in [0.1, 0.15) is 0 Å². The highest BCUT2D eigenvalue weighted by molar-refractivity contribution is 5.79. The van der Waals surface area contributed by atoms with Gasteiger partial charge in [-0.15, -0.1) is 0 Å². The Morgan fingerprint density at radius 3 is 2.62 bits per heavy atom. The number of hydrogen-bond acceptors (Lipinski definition) is 4. The minimum Gasteiger partial charge on any atom is -0.382 e. The maximum atomic E-state index is 5.49. The fourth-order valence-corrected chi connectivity index (χ4v) is 3.51. The molecule has 2 rings (SSSR count). The summed E-state index contributed by atoms with van der Waals surface area (Å²) in [6.45, 7) is 11.1. The molecule has 2 N–H and O–H groups in total. The number of nitrogens with one attached hydrogen (secondary N) is 2. The van der Waals surface area contributed by atoms with Crippen molar-refractivity contribution in [1.82, 2.24) is 15.5 Å². The van der Waals surface area contributed by atoms with E-state index in [2.05, 4.69) is 53.6 Å². The number of nitrogens with zero attached hydrogens (tertiary/aromatic N) is 2. The van der Waals surface area contributed by atoms with Crippen molar-refractivity contribution in [3.05, 3.63) is 35.4 Å². The second-order valence-electron chi connectivity index (χ2n) is 7.71. The molecule has 6 heteroatoms. The Kier molecular flexibility index (Phi) is 11.7. The first kappa shape index (κ1) is 23.6. The van der Waals surface area contributed by atoms with Crippen LogP contribution in [0.4, 0.5) is 0 Å². The van der Waals surface area contributed by atoms with Crippen LogP contribution in [0.5, 0.6) is 0 Å². The van der Waals surface area contributed by atoms with E-state index in [0.29, 0.717) is 25.8 Å². The zero-order valence-electron chi connectivity index (χ0n) is 18.6. The maximum absolute atomic E-state index is 5.49. The zero-order valence-corrected chi connectivity index (χ0v) is 18.6. The van der Waals surface area contributed by atoms with Gasteiger partial charge in [0.15, 0.2) is 5.96 Å². The number of ether oxygens (including phenoxy) is 2. The van der Waals surface area contributed by atoms with Gasteiger partial charge in [-0.25, -0.2) is 4.99 Å². The monoisotopic (exact) mass is 404 g/mol. The minimum absolute atomic E-state index is 0.646. The molecule has 6 nitrogen and oxygen atoms in total. The number of guanidine groups is 1. The smallest absolute Gasteiger partial charge is 0.191 e. The fourth-order valence-electron chi connectivity index (χ4n) is 3.51. The molecule has 0 bridgehead atoms. The Labute approximate surface area is 177 Å². The highest BCUT2D eigenvalue weighted by Gasteiger charge is 2.17. The van der Waals surface area contributed by atoms with Crippen molar-refractivity contribution >= 4 is 5.96 Å². The number of rotatable bonds is 12. The van der Waals surface area contributed by atoms with E-state index < -0.39 is 0 Å². The molecule has 0 spiro atoms. The van der Waals surface area contributed by atoms with Gasteiger partial charge in [-0.1, -0.05) is 30.7 Å². The molecule has 1 aliphatic rings. The molecular formula is C23H40N4O2. The first-order valence-electron chi connectivity index (χ1n) is 11.1. The van der Waals surface area contributed by atoms with E-state index in [-0.39, 0.29) is 0 Å². The Morgan fingerprint density at radius 2 is 1.90 bits per heavy atom. The molecule has 1 aromatic rings. The Hall–Kier alpha value is -1.63. The van der Waals surface area contributed by atoms with Crippen LogP contribution in [0, 0.1) is 0 Å². The molecule has 1 heterocycles. The van der Waals surface area contributed by atoms with Crippen molar-refractivity contribution in [2.24, 2.45) is 4.99 Å². The van der Waals surface area contributed by atoms with E-state index >= 15 is 0 Å². The molecule has 1 aromatic carbocycles. The average Bonchev–Trinajstić information content (AvgIpc) is 2.74. The second kappa shape index (κ2) is 14.4. The second-order valence-corrected chi connectivity index (χ2v) is 7.71. The molecule has 0 amide bonds. The number of piperidine rings is 1. The van der Waals surface area contributed by atoms with Crippen molar-refractivity contribution in [1.29, 1.82) is 0 Å². The van der Waals surface area contributed by atoms with E-state index in [1.807, 2.05) is 0 Å². The number of methoxy groups -OCH3 is 1. The van der Waals surface area contributed by atoms with Crippen LogP contribution in [0.25, 0.3) is 0 Å². The number of likely N-dealkylation sites (tertiary alicyclic amines) is 1. The molecular weight excluding hydrogens is 364 g/mol. The van der Waals surface area contributed by atoms with Crippen LogP contribution in [0.1, 0.15) is 50.7 Å². The van der Waals surface area contributed by atoms with Crippen LogP contribution in [0.2, 0.25) is 0 Å². The first-order chi connectivity index (χ1) is 14.2. The Balaban J connectivity index is 1.74. The van der Waals surface area contributed by atoms with Gasteiger partial charge in [0, 0.05) is 39.4 Å². The van der Waals surface area contributed by atoms with Crippen LogP contribution < -0.4 is 10.6 Å². The third-order valence-corrected chi connectivity index (χ3v) is 5.30. The van der Waals surface area contributed by atoms with Gasteiger partial charge in [-0.2, -0.15) is 0 Å². The van der Waals surface area contributed by atoms with Gasteiger partial charge in [0.05, 0.1) is 19.8 Å². The van der Waals surface area contributed by atoms with Crippen molar-refractivity contribution in [2.45, 2.75) is 58.7 Å². The molecule has 164 valence electrons. The summed E-state index contributed by atoms with van der Waals surface area (Å²) < 4.78 is 10.5. The van der Waals surface area contributed by atoms with Crippen molar-refractivity contribution in [2.75, 3.05) is 46.6 Å². The van der Waals surface area contributed by atoms with Crippen LogP contribution in [0.3, 0.4) is 0 Å². The van der Waals surface area contributed by atoms with Crippen molar-refractivity contribution in [3.8, 4) is 0 Å². The molecule has 0 radical (unpaired) electrons. The fraction of sp³-hybridized carbons (Fsp3) is 0.696. The average molecular weight is 405 g/mol. The summed E-state index contributed by atoms with van der Waals surface area (Å²) >= 11 is 0. The van der Waals surface area contributed by atoms with Crippen molar-refractivity contribution < 1.29 is 9.47 Å². The van der Waals surface area contributed by atoms with Crippen LogP contribution >= 0.6 is 0 Å². The van der Waals surface area contributed by atoms with Gasteiger partial charge < -0.3 is 20.1 Å². The highest BCUT2D eigenvalue weighted by Crippen LogP contribution is 2.19. The SMILES string of the molecule is CCNC(=NCc1ccc(CN2CCCCC2C)cc1)NCCCOCCOC. The lowest BCUT2D eigenvalue weighted by atomic mass is 10.0. The lowest BCUT2D eigenvalue weighted by molar-refractivity contribution is 0.0698. The summed E-state index contributed by atoms with van der Waals surface area (Å²) in [5, 5.41) is 6.68. The molecule has 0 aliphatic carbocycles. The Morgan fingerprint density at radius 1 is 1.10 bits per heavy atom. The van der Waals surface area contributed by atoms with Crippen molar-refractivity contribution in [3.63, 3.8) is 0 Å².